The highest BCUT2D eigenvalue weighted by molar-refractivity contribution is 5.96. The number of ether oxygens (including phenoxy) is 3. The lowest BCUT2D eigenvalue weighted by atomic mass is 9.96. The lowest BCUT2D eigenvalue weighted by molar-refractivity contribution is -0.117. The molecule has 1 amide bonds. The van der Waals surface area contributed by atoms with E-state index in [4.69, 9.17) is 14.2 Å². The Morgan fingerprint density at radius 1 is 1.04 bits per heavy atom. The van der Waals surface area contributed by atoms with Gasteiger partial charge < -0.3 is 24.6 Å². The minimum absolute atomic E-state index is 0.220. The van der Waals surface area contributed by atoms with Crippen LogP contribution >= 0.6 is 0 Å². The van der Waals surface area contributed by atoms with Gasteiger partial charge in [-0.15, -0.1) is 0 Å². The monoisotopic (exact) mass is 382 g/mol. The van der Waals surface area contributed by atoms with Crippen molar-refractivity contribution < 1.29 is 19.0 Å². The molecule has 0 unspecified atom stereocenters. The summed E-state index contributed by atoms with van der Waals surface area (Å²) in [6.45, 7) is 0. The molecular formula is C19H20N5O4-. The Morgan fingerprint density at radius 3 is 2.46 bits per heavy atom. The zero-order valence-corrected chi connectivity index (χ0v) is 15.7. The molecule has 1 N–H and O–H groups in total. The molecule has 0 saturated heterocycles. The third-order valence-corrected chi connectivity index (χ3v) is 4.24. The lowest BCUT2D eigenvalue weighted by Crippen LogP contribution is -2.25. The van der Waals surface area contributed by atoms with Crippen LogP contribution in [0.4, 0.5) is 5.69 Å². The van der Waals surface area contributed by atoms with E-state index in [0.29, 0.717) is 22.9 Å². The van der Waals surface area contributed by atoms with E-state index in [0.717, 1.165) is 5.56 Å². The standard InChI is InChI=1S/C19H21N5O4/c1-26-15-9-5-4-8-14(15)20-19(25)13(18-21-23-24-22-18)11-12-7-6-10-16(27-2)17(12)28-3/h4-10,13H,11H2,1-3H3,(H2,20,21,22,23,24,25)/p-1/t13-/m0/s1. The molecule has 28 heavy (non-hydrogen) atoms. The van der Waals surface area contributed by atoms with Gasteiger partial charge in [0.1, 0.15) is 5.75 Å². The van der Waals surface area contributed by atoms with E-state index < -0.39 is 5.92 Å². The van der Waals surface area contributed by atoms with Gasteiger partial charge in [-0.25, -0.2) is 0 Å². The Bertz CT molecular complexity index is 930. The fourth-order valence-corrected chi connectivity index (χ4v) is 2.89. The second-order valence-corrected chi connectivity index (χ2v) is 5.84. The number of carbonyl (C=O) groups is 1. The van der Waals surface area contributed by atoms with Crippen LogP contribution in [-0.4, -0.2) is 42.8 Å². The maximum atomic E-state index is 13.1. The van der Waals surface area contributed by atoms with Crippen molar-refractivity contribution in [2.45, 2.75) is 12.3 Å². The van der Waals surface area contributed by atoms with Crippen LogP contribution in [0, 0.1) is 0 Å². The van der Waals surface area contributed by atoms with E-state index >= 15 is 0 Å². The average Bonchev–Trinajstić information content (AvgIpc) is 3.26. The maximum Gasteiger partial charge on any atom is 0.232 e. The predicted octanol–water partition coefficient (Wildman–Crippen LogP) is 1.82. The van der Waals surface area contributed by atoms with Crippen LogP contribution in [-0.2, 0) is 11.2 Å². The van der Waals surface area contributed by atoms with E-state index in [2.05, 4.69) is 25.9 Å². The number of rotatable bonds is 8. The highest BCUT2D eigenvalue weighted by Gasteiger charge is 2.24. The number of methoxy groups -OCH3 is 3. The third kappa shape index (κ3) is 4.03. The van der Waals surface area contributed by atoms with Crippen LogP contribution in [0.5, 0.6) is 17.2 Å². The van der Waals surface area contributed by atoms with Crippen LogP contribution in [0.15, 0.2) is 42.5 Å². The molecule has 9 nitrogen and oxygen atoms in total. The fraction of sp³-hybridized carbons (Fsp3) is 0.263. The molecule has 3 aromatic rings. The average molecular weight is 382 g/mol. The molecule has 1 aromatic heterocycles. The minimum atomic E-state index is -0.735. The van der Waals surface area contributed by atoms with Crippen molar-refractivity contribution in [3.8, 4) is 17.2 Å². The van der Waals surface area contributed by atoms with Gasteiger partial charge in [0.15, 0.2) is 11.5 Å². The van der Waals surface area contributed by atoms with Gasteiger partial charge in [0, 0.05) is 5.82 Å². The van der Waals surface area contributed by atoms with E-state index in [1.807, 2.05) is 18.2 Å². The molecule has 0 aliphatic rings. The minimum Gasteiger partial charge on any atom is -0.495 e. The van der Waals surface area contributed by atoms with Crippen LogP contribution in [0.1, 0.15) is 17.3 Å². The molecule has 1 heterocycles. The Labute approximate surface area is 162 Å². The first kappa shape index (κ1) is 19.2. The summed E-state index contributed by atoms with van der Waals surface area (Å²) in [5.41, 5.74) is 1.32. The van der Waals surface area contributed by atoms with E-state index in [-0.39, 0.29) is 18.2 Å². The SMILES string of the molecule is COc1ccccc1NC(=O)[C@@H](Cc1cccc(OC)c1OC)c1nnn[n-]1. The first-order valence-electron chi connectivity index (χ1n) is 8.50. The molecule has 0 spiro atoms. The molecule has 0 aliphatic heterocycles. The summed E-state index contributed by atoms with van der Waals surface area (Å²) in [5, 5.41) is 17.6. The largest absolute Gasteiger partial charge is 0.495 e. The Kier molecular flexibility index (Phi) is 6.05. The number of aromatic nitrogens is 4. The van der Waals surface area contributed by atoms with Gasteiger partial charge in [0.05, 0.1) is 32.9 Å². The van der Waals surface area contributed by atoms with Crippen LogP contribution in [0.25, 0.3) is 0 Å². The van der Waals surface area contributed by atoms with Gasteiger partial charge in [-0.2, -0.15) is 5.21 Å². The van der Waals surface area contributed by atoms with E-state index in [1.54, 1.807) is 38.5 Å². The van der Waals surface area contributed by atoms with Gasteiger partial charge in [0.2, 0.25) is 5.91 Å². The van der Waals surface area contributed by atoms with Crippen molar-refractivity contribution in [3.63, 3.8) is 0 Å². The molecule has 0 radical (unpaired) electrons. The summed E-state index contributed by atoms with van der Waals surface area (Å²) in [5.74, 6) is 0.840. The zero-order chi connectivity index (χ0) is 19.9. The molecule has 0 aliphatic carbocycles. The number of benzene rings is 2. The summed E-state index contributed by atoms with van der Waals surface area (Å²) < 4.78 is 16.1. The Morgan fingerprint density at radius 2 is 1.79 bits per heavy atom. The number of para-hydroxylation sites is 3. The molecule has 9 heteroatoms. The highest BCUT2D eigenvalue weighted by Crippen LogP contribution is 2.34. The number of hydrogen-bond acceptors (Lipinski definition) is 7. The van der Waals surface area contributed by atoms with Gasteiger partial charge in [-0.1, -0.05) is 24.3 Å². The third-order valence-electron chi connectivity index (χ3n) is 4.24. The predicted molar refractivity (Wildman–Crippen MR) is 101 cm³/mol. The quantitative estimate of drug-likeness (QED) is 0.628. The normalized spacial score (nSPS) is 11.5. The van der Waals surface area contributed by atoms with Crippen LogP contribution in [0.3, 0.4) is 0 Å². The van der Waals surface area contributed by atoms with Crippen molar-refractivity contribution in [3.05, 3.63) is 53.9 Å². The van der Waals surface area contributed by atoms with E-state index in [9.17, 15) is 4.79 Å². The summed E-state index contributed by atoms with van der Waals surface area (Å²) in [4.78, 5) is 13.1. The number of anilines is 1. The second-order valence-electron chi connectivity index (χ2n) is 5.84. The number of carbonyl (C=O) groups excluding carboxylic acids is 1. The molecule has 1 atom stereocenters. The van der Waals surface area contributed by atoms with Crippen molar-refractivity contribution in [2.24, 2.45) is 0 Å². The summed E-state index contributed by atoms with van der Waals surface area (Å²) in [7, 11) is 4.65. The molecule has 146 valence electrons. The van der Waals surface area contributed by atoms with Crippen LogP contribution in [0.2, 0.25) is 0 Å². The number of amides is 1. The molecule has 2 aromatic carbocycles. The van der Waals surface area contributed by atoms with Crippen molar-refractivity contribution in [1.82, 2.24) is 20.6 Å². The lowest BCUT2D eigenvalue weighted by Gasteiger charge is -2.20. The van der Waals surface area contributed by atoms with Crippen LogP contribution < -0.4 is 24.6 Å². The summed E-state index contributed by atoms with van der Waals surface area (Å²) in [6.07, 6.45) is 0.273. The van der Waals surface area contributed by atoms with Crippen molar-refractivity contribution in [1.29, 1.82) is 0 Å². The molecule has 3 rings (SSSR count). The molecule has 0 fully saturated rings. The van der Waals surface area contributed by atoms with Gasteiger partial charge >= 0.3 is 0 Å². The molecule has 0 saturated carbocycles. The first-order chi connectivity index (χ1) is 13.7. The molecule has 0 bridgehead atoms. The Hall–Kier alpha value is -3.62. The first-order valence-corrected chi connectivity index (χ1v) is 8.50. The van der Waals surface area contributed by atoms with Crippen molar-refractivity contribution >= 4 is 11.6 Å². The fourth-order valence-electron chi connectivity index (χ4n) is 2.89. The Balaban J connectivity index is 1.92. The number of nitrogens with zero attached hydrogens (tertiary/aromatic N) is 4. The van der Waals surface area contributed by atoms with Gasteiger partial charge in [-0.05, 0) is 30.2 Å². The van der Waals surface area contributed by atoms with E-state index in [1.165, 1.54) is 7.11 Å². The van der Waals surface area contributed by atoms with Crippen molar-refractivity contribution in [2.75, 3.05) is 26.6 Å². The second kappa shape index (κ2) is 8.85. The molecular weight excluding hydrogens is 362 g/mol. The highest BCUT2D eigenvalue weighted by atomic mass is 16.5. The summed E-state index contributed by atoms with van der Waals surface area (Å²) >= 11 is 0. The smallest absolute Gasteiger partial charge is 0.232 e. The zero-order valence-electron chi connectivity index (χ0n) is 15.7. The topological polar surface area (TPSA) is 110 Å². The number of tetrazole rings is 1. The number of hydrogen-bond donors (Lipinski definition) is 1. The van der Waals surface area contributed by atoms with Gasteiger partial charge in [-0.3, -0.25) is 15.1 Å². The van der Waals surface area contributed by atoms with Gasteiger partial charge in [0.25, 0.3) is 0 Å². The maximum absolute atomic E-state index is 13.1. The number of nitrogens with one attached hydrogen (secondary N) is 1. The summed E-state index contributed by atoms with van der Waals surface area (Å²) in [6, 6.07) is 12.6.